The normalized spacial score (nSPS) is 43.9. The van der Waals surface area contributed by atoms with Gasteiger partial charge < -0.3 is 4.74 Å². The molecule has 54 valence electrons. The fourth-order valence-corrected chi connectivity index (χ4v) is 1.27. The summed E-state index contributed by atoms with van der Waals surface area (Å²) in [4.78, 5) is 0. The molecule has 3 nitrogen and oxygen atoms in total. The molecule has 1 heterocycles. The molecular formula is C7H10N2O. The molecule has 2 aliphatic rings. The molecule has 10 heavy (non-hydrogen) atoms. The molecule has 0 amide bonds. The van der Waals surface area contributed by atoms with Crippen LogP contribution in [0.5, 0.6) is 0 Å². The molecular weight excluding hydrogens is 128 g/mol. The highest BCUT2D eigenvalue weighted by Crippen LogP contribution is 2.15. The molecule has 3 unspecified atom stereocenters. The van der Waals surface area contributed by atoms with Crippen LogP contribution in [0.1, 0.15) is 0 Å². The quantitative estimate of drug-likeness (QED) is 0.483. The van der Waals surface area contributed by atoms with Gasteiger partial charge >= 0.3 is 0 Å². The molecule has 3 heteroatoms. The van der Waals surface area contributed by atoms with E-state index in [0.717, 1.165) is 0 Å². The zero-order valence-corrected chi connectivity index (χ0v) is 5.53. The van der Waals surface area contributed by atoms with Gasteiger partial charge in [-0.1, -0.05) is 24.3 Å². The number of hydrogen-bond donors (Lipinski definition) is 2. The third kappa shape index (κ3) is 0.883. The van der Waals surface area contributed by atoms with E-state index >= 15 is 0 Å². The first-order valence-corrected chi connectivity index (χ1v) is 3.38. The summed E-state index contributed by atoms with van der Waals surface area (Å²) in [5, 5.41) is 3.07. The van der Waals surface area contributed by atoms with Crippen molar-refractivity contribution in [1.29, 1.82) is 0 Å². The number of fused-ring (bicyclic) bond motifs is 1. The van der Waals surface area contributed by atoms with Gasteiger partial charge in [-0.05, 0) is 0 Å². The van der Waals surface area contributed by atoms with Gasteiger partial charge in [0.2, 0.25) is 0 Å². The van der Waals surface area contributed by atoms with Crippen LogP contribution in [-0.4, -0.2) is 18.5 Å². The first-order chi connectivity index (χ1) is 4.86. The van der Waals surface area contributed by atoms with Crippen LogP contribution >= 0.6 is 0 Å². The summed E-state index contributed by atoms with van der Waals surface area (Å²) in [7, 11) is 0. The van der Waals surface area contributed by atoms with Crippen LogP contribution in [0.2, 0.25) is 0 Å². The summed E-state index contributed by atoms with van der Waals surface area (Å²) < 4.78 is 5.29. The van der Waals surface area contributed by atoms with E-state index in [-0.39, 0.29) is 18.5 Å². The lowest BCUT2D eigenvalue weighted by molar-refractivity contribution is 0.0679. The van der Waals surface area contributed by atoms with Crippen LogP contribution in [0.3, 0.4) is 0 Å². The molecule has 1 saturated heterocycles. The Bertz CT molecular complexity index is 168. The maximum Gasteiger partial charge on any atom is 0.162 e. The molecule has 0 radical (unpaired) electrons. The Balaban J connectivity index is 2.14. The zero-order chi connectivity index (χ0) is 6.97. The smallest absolute Gasteiger partial charge is 0.162 e. The van der Waals surface area contributed by atoms with Gasteiger partial charge in [-0.25, -0.2) is 0 Å². The summed E-state index contributed by atoms with van der Waals surface area (Å²) in [6, 6.07) is 0.278. The van der Waals surface area contributed by atoms with Gasteiger partial charge in [0, 0.05) is 0 Å². The predicted octanol–water partition coefficient (Wildman–Crippen LogP) is -0.288. The van der Waals surface area contributed by atoms with Gasteiger partial charge in [-0.15, -0.1) is 0 Å². The largest absolute Gasteiger partial charge is 0.341 e. The second kappa shape index (κ2) is 2.20. The Labute approximate surface area is 59.5 Å². The van der Waals surface area contributed by atoms with Crippen molar-refractivity contribution in [3.05, 3.63) is 24.3 Å². The van der Waals surface area contributed by atoms with Crippen LogP contribution in [0.15, 0.2) is 24.3 Å². The van der Waals surface area contributed by atoms with Crippen molar-refractivity contribution in [1.82, 2.24) is 5.32 Å². The van der Waals surface area contributed by atoms with Crippen molar-refractivity contribution in [3.8, 4) is 0 Å². The Kier molecular flexibility index (Phi) is 1.34. The fraction of sp³-hybridized carbons (Fsp3) is 0.429. The number of allylic oxidation sites excluding steroid dienone is 2. The molecule has 0 saturated carbocycles. The first kappa shape index (κ1) is 6.09. The molecule has 0 bridgehead atoms. The lowest BCUT2D eigenvalue weighted by Gasteiger charge is -2.11. The number of hydrogen-bond acceptors (Lipinski definition) is 3. The van der Waals surface area contributed by atoms with E-state index in [2.05, 4.69) is 11.4 Å². The minimum absolute atomic E-state index is 0.139. The van der Waals surface area contributed by atoms with E-state index in [4.69, 9.17) is 10.5 Å². The summed E-state index contributed by atoms with van der Waals surface area (Å²) >= 11 is 0. The van der Waals surface area contributed by atoms with E-state index in [1.165, 1.54) is 0 Å². The average molecular weight is 138 g/mol. The number of rotatable bonds is 0. The van der Waals surface area contributed by atoms with E-state index in [1.807, 2.05) is 18.2 Å². The van der Waals surface area contributed by atoms with E-state index in [1.54, 1.807) is 0 Å². The van der Waals surface area contributed by atoms with Crippen molar-refractivity contribution in [2.24, 2.45) is 5.73 Å². The van der Waals surface area contributed by atoms with Crippen molar-refractivity contribution in [3.63, 3.8) is 0 Å². The van der Waals surface area contributed by atoms with Crippen molar-refractivity contribution in [2.75, 3.05) is 0 Å². The number of ether oxygens (including phenoxy) is 1. The van der Waals surface area contributed by atoms with Crippen LogP contribution in [0.4, 0.5) is 0 Å². The van der Waals surface area contributed by atoms with E-state index in [9.17, 15) is 0 Å². The summed E-state index contributed by atoms with van der Waals surface area (Å²) in [6.07, 6.45) is 7.86. The Morgan fingerprint density at radius 2 is 2.10 bits per heavy atom. The topological polar surface area (TPSA) is 47.3 Å². The Morgan fingerprint density at radius 3 is 2.90 bits per heavy atom. The van der Waals surface area contributed by atoms with Crippen LogP contribution in [0.25, 0.3) is 0 Å². The minimum Gasteiger partial charge on any atom is -0.341 e. The molecule has 1 fully saturated rings. The summed E-state index contributed by atoms with van der Waals surface area (Å²) in [6.45, 7) is 0. The van der Waals surface area contributed by atoms with Crippen molar-refractivity contribution < 1.29 is 4.74 Å². The minimum atomic E-state index is -0.303. The maximum atomic E-state index is 5.49. The van der Waals surface area contributed by atoms with Crippen molar-refractivity contribution in [2.45, 2.75) is 18.5 Å². The third-order valence-electron chi connectivity index (χ3n) is 1.74. The van der Waals surface area contributed by atoms with Gasteiger partial charge in [0.25, 0.3) is 0 Å². The monoisotopic (exact) mass is 138 g/mol. The molecule has 3 atom stereocenters. The van der Waals surface area contributed by atoms with Gasteiger partial charge in [-0.2, -0.15) is 0 Å². The molecule has 1 aliphatic heterocycles. The van der Waals surface area contributed by atoms with Gasteiger partial charge in [-0.3, -0.25) is 11.1 Å². The maximum absolute atomic E-state index is 5.49. The summed E-state index contributed by atoms with van der Waals surface area (Å²) in [5.41, 5.74) is 5.49. The average Bonchev–Trinajstić information content (AvgIpc) is 2.27. The molecule has 1 aliphatic carbocycles. The number of nitrogens with two attached hydrogens (primary N) is 1. The van der Waals surface area contributed by atoms with Crippen LogP contribution in [-0.2, 0) is 4.74 Å². The molecule has 0 aromatic rings. The second-order valence-electron chi connectivity index (χ2n) is 2.48. The summed E-state index contributed by atoms with van der Waals surface area (Å²) in [5.74, 6) is 0. The van der Waals surface area contributed by atoms with Gasteiger partial charge in [0.1, 0.15) is 0 Å². The van der Waals surface area contributed by atoms with Gasteiger partial charge in [0.15, 0.2) is 6.35 Å². The standard InChI is InChI=1S/C7H10N2O/c8-7-9-5-3-1-2-4-6(5)10-7/h1-7,9H,8H2. The lowest BCUT2D eigenvalue weighted by atomic mass is 10.1. The van der Waals surface area contributed by atoms with Crippen molar-refractivity contribution >= 4 is 0 Å². The fourth-order valence-electron chi connectivity index (χ4n) is 1.27. The second-order valence-corrected chi connectivity index (χ2v) is 2.48. The number of nitrogens with one attached hydrogen (secondary N) is 1. The first-order valence-electron chi connectivity index (χ1n) is 3.38. The Hall–Kier alpha value is -0.640. The van der Waals surface area contributed by atoms with Crippen LogP contribution in [0, 0.1) is 0 Å². The molecule has 2 rings (SSSR count). The molecule has 0 spiro atoms. The Morgan fingerprint density at radius 1 is 1.30 bits per heavy atom. The highest BCUT2D eigenvalue weighted by Gasteiger charge is 2.29. The molecule has 3 N–H and O–H groups in total. The lowest BCUT2D eigenvalue weighted by Crippen LogP contribution is -2.36. The molecule has 0 aromatic carbocycles. The predicted molar refractivity (Wildman–Crippen MR) is 38.1 cm³/mol. The SMILES string of the molecule is NC1NC2C=CC=CC2O1. The van der Waals surface area contributed by atoms with E-state index in [0.29, 0.717) is 0 Å². The van der Waals surface area contributed by atoms with Crippen LogP contribution < -0.4 is 11.1 Å². The van der Waals surface area contributed by atoms with E-state index < -0.39 is 0 Å². The highest BCUT2D eigenvalue weighted by molar-refractivity contribution is 5.20. The van der Waals surface area contributed by atoms with Gasteiger partial charge in [0.05, 0.1) is 12.1 Å². The molecule has 0 aromatic heterocycles. The zero-order valence-electron chi connectivity index (χ0n) is 5.53. The third-order valence-corrected chi connectivity index (χ3v) is 1.74. The highest BCUT2D eigenvalue weighted by atomic mass is 16.5.